The number of aromatic nitrogens is 2. The molecule has 0 spiro atoms. The lowest BCUT2D eigenvalue weighted by molar-refractivity contribution is -0.122. The summed E-state index contributed by atoms with van der Waals surface area (Å²) in [5.74, 6) is 1.86. The number of piperazine rings is 1. The SMILES string of the molecule is COc1ccc(-c2csc3ncnc(N4CCN(CC(=O)NCc5ccccc5)CC4)c23)cc1. The minimum absolute atomic E-state index is 0.0568. The molecule has 0 unspecified atom stereocenters. The van der Waals surface area contributed by atoms with Crippen molar-refractivity contribution in [3.8, 4) is 16.9 Å². The monoisotopic (exact) mass is 473 g/mol. The molecule has 4 aromatic rings. The van der Waals surface area contributed by atoms with E-state index in [1.165, 1.54) is 0 Å². The van der Waals surface area contributed by atoms with Crippen molar-refractivity contribution in [3.05, 3.63) is 71.9 Å². The molecule has 7 nitrogen and oxygen atoms in total. The van der Waals surface area contributed by atoms with Crippen LogP contribution in [0.3, 0.4) is 0 Å². The molecule has 1 saturated heterocycles. The van der Waals surface area contributed by atoms with Crippen molar-refractivity contribution in [3.63, 3.8) is 0 Å². The third-order valence-corrected chi connectivity index (χ3v) is 7.01. The maximum Gasteiger partial charge on any atom is 0.234 e. The zero-order valence-electron chi connectivity index (χ0n) is 19.1. The van der Waals surface area contributed by atoms with Crippen LogP contribution in [-0.4, -0.2) is 60.6 Å². The van der Waals surface area contributed by atoms with Gasteiger partial charge in [0.2, 0.25) is 5.91 Å². The smallest absolute Gasteiger partial charge is 0.234 e. The Balaban J connectivity index is 1.25. The van der Waals surface area contributed by atoms with Gasteiger partial charge < -0.3 is 15.0 Å². The van der Waals surface area contributed by atoms with Crippen molar-refractivity contribution >= 4 is 33.3 Å². The summed E-state index contributed by atoms with van der Waals surface area (Å²) in [4.78, 5) is 27.1. The summed E-state index contributed by atoms with van der Waals surface area (Å²) in [5.41, 5.74) is 3.37. The third-order valence-electron chi connectivity index (χ3n) is 6.12. The maximum absolute atomic E-state index is 12.4. The molecule has 1 amide bonds. The first-order valence-corrected chi connectivity index (χ1v) is 12.2. The zero-order chi connectivity index (χ0) is 23.3. The van der Waals surface area contributed by atoms with Gasteiger partial charge in [0, 0.05) is 43.7 Å². The average molecular weight is 474 g/mol. The van der Waals surface area contributed by atoms with E-state index in [0.717, 1.165) is 64.7 Å². The number of thiophene rings is 1. The Hall–Kier alpha value is -3.49. The Morgan fingerprint density at radius 3 is 2.53 bits per heavy atom. The lowest BCUT2D eigenvalue weighted by Gasteiger charge is -2.35. The first-order valence-electron chi connectivity index (χ1n) is 11.4. The first kappa shape index (κ1) is 22.3. The van der Waals surface area contributed by atoms with Crippen LogP contribution in [0.15, 0.2) is 66.3 Å². The second-order valence-corrected chi connectivity index (χ2v) is 9.14. The van der Waals surface area contributed by atoms with Crippen LogP contribution in [0.4, 0.5) is 5.82 Å². The summed E-state index contributed by atoms with van der Waals surface area (Å²) < 4.78 is 5.30. The van der Waals surface area contributed by atoms with Gasteiger partial charge in [-0.1, -0.05) is 42.5 Å². The Kier molecular flexibility index (Phi) is 6.69. The number of methoxy groups -OCH3 is 1. The Morgan fingerprint density at radius 1 is 1.03 bits per heavy atom. The van der Waals surface area contributed by atoms with Crippen LogP contribution in [0, 0.1) is 0 Å². The van der Waals surface area contributed by atoms with E-state index < -0.39 is 0 Å². The second kappa shape index (κ2) is 10.2. The van der Waals surface area contributed by atoms with E-state index in [9.17, 15) is 4.79 Å². The number of benzene rings is 2. The van der Waals surface area contributed by atoms with Crippen molar-refractivity contribution < 1.29 is 9.53 Å². The van der Waals surface area contributed by atoms with Gasteiger partial charge in [0.25, 0.3) is 0 Å². The van der Waals surface area contributed by atoms with E-state index in [1.54, 1.807) is 24.8 Å². The Labute approximate surface area is 203 Å². The number of nitrogens with one attached hydrogen (secondary N) is 1. The molecule has 174 valence electrons. The standard InChI is InChI=1S/C26H27N5O2S/c1-33-21-9-7-20(8-10-21)22-17-34-26-24(22)25(28-18-29-26)31-13-11-30(12-14-31)16-23(32)27-15-19-5-3-2-4-6-19/h2-10,17-18H,11-16H2,1H3,(H,27,32). The Morgan fingerprint density at radius 2 is 1.79 bits per heavy atom. The number of hydrogen-bond acceptors (Lipinski definition) is 7. The lowest BCUT2D eigenvalue weighted by atomic mass is 10.1. The van der Waals surface area contributed by atoms with Crippen molar-refractivity contribution in [1.82, 2.24) is 20.2 Å². The number of ether oxygens (including phenoxy) is 1. The second-order valence-electron chi connectivity index (χ2n) is 8.28. The number of hydrogen-bond donors (Lipinski definition) is 1. The van der Waals surface area contributed by atoms with Gasteiger partial charge in [0.05, 0.1) is 19.0 Å². The predicted molar refractivity (Wildman–Crippen MR) is 136 cm³/mol. The number of carbonyl (C=O) groups is 1. The molecule has 3 heterocycles. The molecule has 1 aliphatic heterocycles. The number of fused-ring (bicyclic) bond motifs is 1. The van der Waals surface area contributed by atoms with E-state index in [1.807, 2.05) is 42.5 Å². The highest BCUT2D eigenvalue weighted by Gasteiger charge is 2.23. The van der Waals surface area contributed by atoms with Gasteiger partial charge >= 0.3 is 0 Å². The van der Waals surface area contributed by atoms with Crippen LogP contribution in [0.5, 0.6) is 5.75 Å². The van der Waals surface area contributed by atoms with Gasteiger partial charge in [-0.25, -0.2) is 9.97 Å². The molecule has 0 bridgehead atoms. The fourth-order valence-electron chi connectivity index (χ4n) is 4.26. The molecular formula is C26H27N5O2S. The molecule has 0 radical (unpaired) electrons. The molecule has 2 aromatic heterocycles. The summed E-state index contributed by atoms with van der Waals surface area (Å²) in [6.45, 7) is 4.23. The van der Waals surface area contributed by atoms with Crippen LogP contribution in [0.25, 0.3) is 21.3 Å². The first-order chi connectivity index (χ1) is 16.7. The number of amides is 1. The fourth-order valence-corrected chi connectivity index (χ4v) is 5.17. The number of rotatable bonds is 7. The van der Waals surface area contributed by atoms with Crippen LogP contribution in [0.1, 0.15) is 5.56 Å². The average Bonchev–Trinajstić information content (AvgIpc) is 3.33. The molecule has 5 rings (SSSR count). The molecule has 1 N–H and O–H groups in total. The summed E-state index contributed by atoms with van der Waals surface area (Å²) in [7, 11) is 1.67. The van der Waals surface area contributed by atoms with Crippen LogP contribution < -0.4 is 15.0 Å². The largest absolute Gasteiger partial charge is 0.497 e. The van der Waals surface area contributed by atoms with Gasteiger partial charge in [0.15, 0.2) is 0 Å². The number of nitrogens with zero attached hydrogens (tertiary/aromatic N) is 4. The summed E-state index contributed by atoms with van der Waals surface area (Å²) >= 11 is 1.64. The van der Waals surface area contributed by atoms with Gasteiger partial charge in [-0.3, -0.25) is 9.69 Å². The zero-order valence-corrected chi connectivity index (χ0v) is 19.9. The molecule has 0 atom stereocenters. The fraction of sp³-hybridized carbons (Fsp3) is 0.269. The maximum atomic E-state index is 12.4. The topological polar surface area (TPSA) is 70.6 Å². The molecule has 1 fully saturated rings. The van der Waals surface area contributed by atoms with Gasteiger partial charge in [0.1, 0.15) is 22.7 Å². The van der Waals surface area contributed by atoms with E-state index in [0.29, 0.717) is 13.1 Å². The quantitative estimate of drug-likeness (QED) is 0.440. The highest BCUT2D eigenvalue weighted by Crippen LogP contribution is 2.38. The minimum atomic E-state index is 0.0568. The highest BCUT2D eigenvalue weighted by molar-refractivity contribution is 7.17. The summed E-state index contributed by atoms with van der Waals surface area (Å²) in [5, 5.41) is 6.26. The predicted octanol–water partition coefficient (Wildman–Crippen LogP) is 3.81. The van der Waals surface area contributed by atoms with Crippen LogP contribution >= 0.6 is 11.3 Å². The minimum Gasteiger partial charge on any atom is -0.497 e. The van der Waals surface area contributed by atoms with Crippen molar-refractivity contribution in [2.45, 2.75) is 6.54 Å². The van der Waals surface area contributed by atoms with E-state index in [4.69, 9.17) is 4.74 Å². The molecule has 0 aliphatic carbocycles. The lowest BCUT2D eigenvalue weighted by Crippen LogP contribution is -2.49. The van der Waals surface area contributed by atoms with E-state index in [-0.39, 0.29) is 5.91 Å². The van der Waals surface area contributed by atoms with Crippen molar-refractivity contribution in [2.75, 3.05) is 44.7 Å². The van der Waals surface area contributed by atoms with Gasteiger partial charge in [-0.2, -0.15) is 0 Å². The van der Waals surface area contributed by atoms with E-state index >= 15 is 0 Å². The normalized spacial score (nSPS) is 14.3. The van der Waals surface area contributed by atoms with E-state index in [2.05, 4.69) is 42.6 Å². The van der Waals surface area contributed by atoms with Gasteiger partial charge in [-0.15, -0.1) is 11.3 Å². The van der Waals surface area contributed by atoms with Gasteiger partial charge in [-0.05, 0) is 23.3 Å². The summed E-state index contributed by atoms with van der Waals surface area (Å²) in [6.07, 6.45) is 1.65. The van der Waals surface area contributed by atoms with Crippen molar-refractivity contribution in [1.29, 1.82) is 0 Å². The van der Waals surface area contributed by atoms with Crippen LogP contribution in [0.2, 0.25) is 0 Å². The summed E-state index contributed by atoms with van der Waals surface area (Å²) in [6, 6.07) is 18.1. The molecule has 1 aliphatic rings. The molecule has 34 heavy (non-hydrogen) atoms. The molecule has 8 heteroatoms. The Bertz CT molecular complexity index is 1250. The third kappa shape index (κ3) is 4.88. The number of anilines is 1. The van der Waals surface area contributed by atoms with Crippen LogP contribution in [-0.2, 0) is 11.3 Å². The molecular weight excluding hydrogens is 446 g/mol. The number of carbonyl (C=O) groups excluding carboxylic acids is 1. The van der Waals surface area contributed by atoms with Crippen molar-refractivity contribution in [2.24, 2.45) is 0 Å². The molecule has 0 saturated carbocycles. The molecule has 2 aromatic carbocycles. The highest BCUT2D eigenvalue weighted by atomic mass is 32.1.